The van der Waals surface area contributed by atoms with Crippen LogP contribution < -0.4 is 0 Å². The van der Waals surface area contributed by atoms with Crippen molar-refractivity contribution in [2.45, 2.75) is 39.6 Å². The van der Waals surface area contributed by atoms with Crippen molar-refractivity contribution < 1.29 is 14.6 Å². The minimum atomic E-state index is -1.22. The van der Waals surface area contributed by atoms with Crippen molar-refractivity contribution in [3.63, 3.8) is 0 Å². The maximum Gasteiger partial charge on any atom is 0.193 e. The number of aliphatic hydroxyl groups is 1. The van der Waals surface area contributed by atoms with Crippen LogP contribution in [0.25, 0.3) is 0 Å². The summed E-state index contributed by atoms with van der Waals surface area (Å²) in [5, 5.41) is 10.5. The number of hydrogen-bond donors (Lipinski definition) is 1. The van der Waals surface area contributed by atoms with E-state index >= 15 is 0 Å². The highest BCUT2D eigenvalue weighted by Gasteiger charge is 2.32. The summed E-state index contributed by atoms with van der Waals surface area (Å²) in [5.41, 5.74) is -0.206. The highest BCUT2D eigenvalue weighted by molar-refractivity contribution is 5.19. The van der Waals surface area contributed by atoms with E-state index in [4.69, 9.17) is 9.47 Å². The van der Waals surface area contributed by atoms with Crippen LogP contribution in [0, 0.1) is 5.92 Å². The average molecular weight is 228 g/mol. The van der Waals surface area contributed by atoms with Gasteiger partial charge in [-0.3, -0.25) is 0 Å². The molecule has 3 nitrogen and oxygen atoms in total. The summed E-state index contributed by atoms with van der Waals surface area (Å²) in [6, 6.07) is 0. The molecular weight excluding hydrogens is 204 g/mol. The fourth-order valence-electron chi connectivity index (χ4n) is 1.48. The molecule has 0 amide bonds. The molecule has 0 fully saturated rings. The van der Waals surface area contributed by atoms with Gasteiger partial charge < -0.3 is 14.6 Å². The van der Waals surface area contributed by atoms with Crippen molar-refractivity contribution in [1.82, 2.24) is 0 Å². The van der Waals surface area contributed by atoms with Crippen molar-refractivity contribution >= 4 is 0 Å². The largest absolute Gasteiger partial charge is 0.376 e. The molecule has 3 heteroatoms. The molecular formula is C13H24O3. The summed E-state index contributed by atoms with van der Waals surface area (Å²) >= 11 is 0. The fraction of sp³-hybridized carbons (Fsp3) is 0.692. The van der Waals surface area contributed by atoms with Crippen molar-refractivity contribution in [3.05, 3.63) is 23.8 Å². The molecule has 94 valence electrons. The Labute approximate surface area is 98.8 Å². The molecule has 0 aliphatic rings. The van der Waals surface area contributed by atoms with Crippen LogP contribution in [-0.4, -0.2) is 31.2 Å². The third-order valence-electron chi connectivity index (χ3n) is 2.07. The van der Waals surface area contributed by atoms with Gasteiger partial charge in [0.2, 0.25) is 0 Å². The first-order chi connectivity index (χ1) is 7.35. The molecule has 0 saturated carbocycles. The predicted molar refractivity (Wildman–Crippen MR) is 66.2 cm³/mol. The first-order valence-corrected chi connectivity index (χ1v) is 5.49. The Kier molecular flexibility index (Phi) is 6.56. The van der Waals surface area contributed by atoms with Gasteiger partial charge in [-0.15, -0.1) is 0 Å². The zero-order valence-electron chi connectivity index (χ0n) is 11.2. The molecule has 0 aliphatic heterocycles. The minimum absolute atomic E-state index is 0.367. The lowest BCUT2D eigenvalue weighted by Gasteiger charge is -2.29. The molecule has 0 aromatic carbocycles. The van der Waals surface area contributed by atoms with Gasteiger partial charge in [0.15, 0.2) is 11.9 Å². The number of methoxy groups -OCH3 is 2. The molecule has 16 heavy (non-hydrogen) atoms. The third kappa shape index (κ3) is 4.92. The Morgan fingerprint density at radius 2 is 1.69 bits per heavy atom. The molecule has 0 aliphatic carbocycles. The lowest BCUT2D eigenvalue weighted by Crippen LogP contribution is -2.41. The van der Waals surface area contributed by atoms with Crippen LogP contribution >= 0.6 is 0 Å². The maximum absolute atomic E-state index is 10.5. The smallest absolute Gasteiger partial charge is 0.193 e. The SMILES string of the molecule is COC(OC)C(O)(C=CC(C)C)C=C(C)C. The van der Waals surface area contributed by atoms with E-state index in [2.05, 4.69) is 0 Å². The summed E-state index contributed by atoms with van der Waals surface area (Å²) in [6.45, 7) is 7.95. The standard InChI is InChI=1S/C13H24O3/c1-10(2)7-8-13(14,9-11(3)4)12(15-5)16-6/h7-10,12,14H,1-6H3. The minimum Gasteiger partial charge on any atom is -0.376 e. The van der Waals surface area contributed by atoms with Gasteiger partial charge in [-0.25, -0.2) is 0 Å². The van der Waals surface area contributed by atoms with E-state index in [9.17, 15) is 5.11 Å². The average Bonchev–Trinajstić information content (AvgIpc) is 2.15. The summed E-state index contributed by atoms with van der Waals surface area (Å²) in [7, 11) is 3.03. The molecule has 1 N–H and O–H groups in total. The highest BCUT2D eigenvalue weighted by atomic mass is 16.7. The number of rotatable bonds is 6. The first-order valence-electron chi connectivity index (χ1n) is 5.49. The van der Waals surface area contributed by atoms with E-state index in [1.54, 1.807) is 12.2 Å². The van der Waals surface area contributed by atoms with Crippen molar-refractivity contribution in [1.29, 1.82) is 0 Å². The number of allylic oxidation sites excluding steroid dienone is 2. The predicted octanol–water partition coefficient (Wildman–Crippen LogP) is 2.51. The Bertz CT molecular complexity index is 248. The highest BCUT2D eigenvalue weighted by Crippen LogP contribution is 2.21. The molecule has 0 heterocycles. The number of hydrogen-bond acceptors (Lipinski definition) is 3. The van der Waals surface area contributed by atoms with Crippen LogP contribution in [-0.2, 0) is 9.47 Å². The lowest BCUT2D eigenvalue weighted by molar-refractivity contribution is -0.178. The second kappa shape index (κ2) is 6.84. The van der Waals surface area contributed by atoms with Crippen molar-refractivity contribution in [3.8, 4) is 0 Å². The molecule has 0 aromatic rings. The van der Waals surface area contributed by atoms with Crippen LogP contribution in [0.3, 0.4) is 0 Å². The summed E-state index contributed by atoms with van der Waals surface area (Å²) < 4.78 is 10.3. The quantitative estimate of drug-likeness (QED) is 0.561. The molecule has 0 radical (unpaired) electrons. The van der Waals surface area contributed by atoms with E-state index in [0.717, 1.165) is 5.57 Å². The van der Waals surface area contributed by atoms with Crippen LogP contribution in [0.15, 0.2) is 23.8 Å². The second-order valence-electron chi connectivity index (χ2n) is 4.52. The molecule has 0 rings (SSSR count). The Hall–Kier alpha value is -0.640. The van der Waals surface area contributed by atoms with Gasteiger partial charge in [-0.2, -0.15) is 0 Å². The Morgan fingerprint density at radius 3 is 2.00 bits per heavy atom. The van der Waals surface area contributed by atoms with Gasteiger partial charge in [-0.05, 0) is 31.9 Å². The number of ether oxygens (including phenoxy) is 2. The third-order valence-corrected chi connectivity index (χ3v) is 2.07. The molecule has 1 unspecified atom stereocenters. The van der Waals surface area contributed by atoms with Gasteiger partial charge in [0.1, 0.15) is 0 Å². The summed E-state index contributed by atoms with van der Waals surface area (Å²) in [5.74, 6) is 0.367. The summed E-state index contributed by atoms with van der Waals surface area (Å²) in [6.07, 6.45) is 4.70. The van der Waals surface area contributed by atoms with E-state index in [0.29, 0.717) is 5.92 Å². The molecule has 0 aromatic heterocycles. The molecule has 0 saturated heterocycles. The topological polar surface area (TPSA) is 38.7 Å². The second-order valence-corrected chi connectivity index (χ2v) is 4.52. The van der Waals surface area contributed by atoms with Crippen molar-refractivity contribution in [2.24, 2.45) is 5.92 Å². The van der Waals surface area contributed by atoms with E-state index in [1.807, 2.05) is 33.8 Å². The molecule has 1 atom stereocenters. The zero-order chi connectivity index (χ0) is 12.8. The zero-order valence-corrected chi connectivity index (χ0v) is 11.2. The van der Waals surface area contributed by atoms with Gasteiger partial charge in [0.05, 0.1) is 0 Å². The normalized spacial score (nSPS) is 15.8. The fourth-order valence-corrected chi connectivity index (χ4v) is 1.48. The maximum atomic E-state index is 10.5. The van der Waals surface area contributed by atoms with Gasteiger partial charge >= 0.3 is 0 Å². The van der Waals surface area contributed by atoms with E-state index < -0.39 is 11.9 Å². The Balaban J connectivity index is 5.09. The van der Waals surface area contributed by atoms with Crippen LogP contribution in [0.5, 0.6) is 0 Å². The Morgan fingerprint density at radius 1 is 1.19 bits per heavy atom. The molecule has 0 bridgehead atoms. The van der Waals surface area contributed by atoms with Gasteiger partial charge in [-0.1, -0.05) is 25.5 Å². The van der Waals surface area contributed by atoms with Crippen LogP contribution in [0.2, 0.25) is 0 Å². The molecule has 0 spiro atoms. The van der Waals surface area contributed by atoms with Crippen molar-refractivity contribution in [2.75, 3.05) is 14.2 Å². The summed E-state index contributed by atoms with van der Waals surface area (Å²) in [4.78, 5) is 0. The van der Waals surface area contributed by atoms with Gasteiger partial charge in [0.25, 0.3) is 0 Å². The monoisotopic (exact) mass is 228 g/mol. The van der Waals surface area contributed by atoms with Gasteiger partial charge in [0, 0.05) is 14.2 Å². The van der Waals surface area contributed by atoms with E-state index in [1.165, 1.54) is 14.2 Å². The van der Waals surface area contributed by atoms with Crippen LogP contribution in [0.1, 0.15) is 27.7 Å². The first kappa shape index (κ1) is 15.4. The van der Waals surface area contributed by atoms with E-state index in [-0.39, 0.29) is 0 Å². The lowest BCUT2D eigenvalue weighted by atomic mass is 9.98. The van der Waals surface area contributed by atoms with Crippen LogP contribution in [0.4, 0.5) is 0 Å².